The lowest BCUT2D eigenvalue weighted by Gasteiger charge is -2.34. The van der Waals surface area contributed by atoms with Gasteiger partial charge < -0.3 is 0 Å². The molecule has 0 aromatic heterocycles. The van der Waals surface area contributed by atoms with Crippen LogP contribution in [0.2, 0.25) is 0 Å². The van der Waals surface area contributed by atoms with Crippen molar-refractivity contribution >= 4 is 28.8 Å². The third-order valence-electron chi connectivity index (χ3n) is 4.75. The van der Waals surface area contributed by atoms with Gasteiger partial charge in [0.25, 0.3) is 0 Å². The highest BCUT2D eigenvalue weighted by atomic mass is 28.3. The first-order chi connectivity index (χ1) is 14.5. The van der Waals surface area contributed by atoms with Crippen molar-refractivity contribution < 1.29 is 5.48 Å². The van der Waals surface area contributed by atoms with Gasteiger partial charge in [-0.05, 0) is 27.7 Å². The van der Waals surface area contributed by atoms with E-state index in [0.717, 1.165) is 15.6 Å². The van der Waals surface area contributed by atoms with Gasteiger partial charge in [0.2, 0.25) is 0 Å². The van der Waals surface area contributed by atoms with Gasteiger partial charge >= 0.3 is 0 Å². The Labute approximate surface area is 162 Å². The Hall–Kier alpha value is -2.90. The molecule has 0 fully saturated rings. The van der Waals surface area contributed by atoms with Crippen molar-refractivity contribution in [1.29, 1.82) is 0 Å². The van der Waals surface area contributed by atoms with Crippen molar-refractivity contribution in [3.05, 3.63) is 121 Å². The average Bonchev–Trinajstić information content (AvgIpc) is 2.81. The number of benzene rings is 4. The van der Waals surface area contributed by atoms with Crippen molar-refractivity contribution in [2.75, 3.05) is 0 Å². The monoisotopic (exact) mass is 354 g/mol. The van der Waals surface area contributed by atoms with E-state index in [0.29, 0.717) is 10.8 Å². The number of hydrogen-bond acceptors (Lipinski definition) is 0. The van der Waals surface area contributed by atoms with Gasteiger partial charge in [0.05, 0.1) is 5.48 Å². The van der Waals surface area contributed by atoms with Crippen LogP contribution >= 0.6 is 0 Å². The molecule has 0 aliphatic carbocycles. The zero-order chi connectivity index (χ0) is 21.3. The Balaban J connectivity index is 2.27. The molecule has 0 amide bonds. The second-order valence-electron chi connectivity index (χ2n) is 6.35. The van der Waals surface area contributed by atoms with Crippen LogP contribution in [0.1, 0.15) is 11.0 Å². The lowest BCUT2D eigenvalue weighted by molar-refractivity contribution is 1.49. The van der Waals surface area contributed by atoms with E-state index in [2.05, 4.69) is 36.4 Å². The van der Waals surface area contributed by atoms with Crippen LogP contribution in [0.4, 0.5) is 0 Å². The smallest absolute Gasteiger partial charge is 0.0623 e. The minimum absolute atomic E-state index is 0.0330. The summed E-state index contributed by atoms with van der Waals surface area (Å²) in [7, 11) is -3.09. The van der Waals surface area contributed by atoms with E-state index in [1.807, 2.05) is 54.6 Å². The highest BCUT2D eigenvalue weighted by Crippen LogP contribution is 2.10. The van der Waals surface area contributed by atoms with E-state index in [-0.39, 0.29) is 24.2 Å². The fourth-order valence-electron chi connectivity index (χ4n) is 3.56. The van der Waals surface area contributed by atoms with Crippen LogP contribution in [0.15, 0.2) is 115 Å². The van der Waals surface area contributed by atoms with E-state index in [1.165, 1.54) is 0 Å². The molecular formula is C25H22Si. The highest BCUT2D eigenvalue weighted by Gasteiger charge is 2.40. The van der Waals surface area contributed by atoms with Gasteiger partial charge in [-0.1, -0.05) is 121 Å². The summed E-state index contributed by atoms with van der Waals surface area (Å²) in [5.74, 6) is 0. The number of rotatable bonds is 4. The van der Waals surface area contributed by atoms with Crippen molar-refractivity contribution in [1.82, 2.24) is 0 Å². The quantitative estimate of drug-likeness (QED) is 0.389. The normalized spacial score (nSPS) is 13.4. The molecule has 0 nitrogen and oxygen atoms in total. The maximum absolute atomic E-state index is 8.92. The summed E-state index contributed by atoms with van der Waals surface area (Å²) in [5, 5.41) is 3.61. The molecular weight excluding hydrogens is 328 g/mol. The summed E-state index contributed by atoms with van der Waals surface area (Å²) >= 11 is 0. The van der Waals surface area contributed by atoms with Crippen molar-refractivity contribution in [3.63, 3.8) is 0 Å². The molecule has 0 saturated carbocycles. The summed E-state index contributed by atoms with van der Waals surface area (Å²) in [6.07, 6.45) is 0. The third kappa shape index (κ3) is 2.81. The molecule has 26 heavy (non-hydrogen) atoms. The van der Waals surface area contributed by atoms with Gasteiger partial charge in [0.15, 0.2) is 8.07 Å². The number of hydrogen-bond donors (Lipinski definition) is 0. The second kappa shape index (κ2) is 7.15. The average molecular weight is 355 g/mol. The molecule has 0 bridgehead atoms. The zero-order valence-corrected chi connectivity index (χ0v) is 15.7. The second-order valence-corrected chi connectivity index (χ2v) is 10.1. The molecule has 0 aliphatic rings. The minimum atomic E-state index is -3.09. The molecule has 0 aliphatic heterocycles. The van der Waals surface area contributed by atoms with Crippen LogP contribution in [0.3, 0.4) is 0 Å². The molecule has 0 unspecified atom stereocenters. The maximum Gasteiger partial charge on any atom is 0.179 e. The molecule has 0 saturated heterocycles. The first-order valence-electron chi connectivity index (χ1n) is 10.7. The molecule has 126 valence electrons. The zero-order valence-electron chi connectivity index (χ0n) is 18.7. The topological polar surface area (TPSA) is 0 Å². The van der Waals surface area contributed by atoms with Crippen molar-refractivity contribution in [2.24, 2.45) is 0 Å². The molecule has 1 heteroatoms. The Morgan fingerprint density at radius 1 is 0.500 bits per heavy atom. The lowest BCUT2D eigenvalue weighted by Crippen LogP contribution is -2.74. The van der Waals surface area contributed by atoms with Gasteiger partial charge in [0, 0.05) is 0 Å². The van der Waals surface area contributed by atoms with Crippen LogP contribution in [0.25, 0.3) is 0 Å². The van der Waals surface area contributed by atoms with Gasteiger partial charge in [-0.3, -0.25) is 0 Å². The van der Waals surface area contributed by atoms with Crippen LogP contribution in [-0.4, -0.2) is 8.07 Å². The molecule has 0 atom stereocenters. The predicted molar refractivity (Wildman–Crippen MR) is 115 cm³/mol. The van der Waals surface area contributed by atoms with E-state index >= 15 is 0 Å². The molecule has 4 rings (SSSR count). The van der Waals surface area contributed by atoms with Crippen LogP contribution in [-0.2, 0) is 0 Å². The highest BCUT2D eigenvalue weighted by molar-refractivity contribution is 7.19. The van der Waals surface area contributed by atoms with Gasteiger partial charge in [0.1, 0.15) is 0 Å². The summed E-state index contributed by atoms with van der Waals surface area (Å²) < 4.78 is 34.9. The molecule has 0 heterocycles. The van der Waals surface area contributed by atoms with Crippen molar-refractivity contribution in [2.45, 2.75) is 6.92 Å². The van der Waals surface area contributed by atoms with Crippen LogP contribution in [0, 0.1) is 6.92 Å². The Kier molecular flexibility index (Phi) is 3.42. The maximum atomic E-state index is 8.92. The van der Waals surface area contributed by atoms with Crippen LogP contribution in [0.5, 0.6) is 0 Å². The first kappa shape index (κ1) is 12.5. The molecule has 0 N–H and O–H groups in total. The molecule has 0 radical (unpaired) electrons. The lowest BCUT2D eigenvalue weighted by atomic mass is 10.2. The summed E-state index contributed by atoms with van der Waals surface area (Å²) in [4.78, 5) is 0. The summed E-state index contributed by atoms with van der Waals surface area (Å²) in [6, 6.07) is 30.3. The van der Waals surface area contributed by atoms with Gasteiger partial charge in [-0.25, -0.2) is 0 Å². The molecule has 0 spiro atoms. The Bertz CT molecular complexity index is 1050. The van der Waals surface area contributed by atoms with E-state index in [4.69, 9.17) is 5.48 Å². The minimum Gasteiger partial charge on any atom is -0.0623 e. The fraction of sp³-hybridized carbons (Fsp3) is 0.0400. The van der Waals surface area contributed by atoms with E-state index in [1.54, 1.807) is 6.92 Å². The SMILES string of the molecule is [2H]c1c([2H])c([Si](c2ccccc2)(c2ccccc2)c2ccccc2)c([2H])c([2H])c1C. The largest absolute Gasteiger partial charge is 0.179 e. The first-order valence-corrected chi connectivity index (χ1v) is 10.7. The predicted octanol–water partition coefficient (Wildman–Crippen LogP) is 3.37. The van der Waals surface area contributed by atoms with Gasteiger partial charge in [-0.2, -0.15) is 0 Å². The van der Waals surface area contributed by atoms with Gasteiger partial charge in [-0.15, -0.1) is 0 Å². The van der Waals surface area contributed by atoms with Crippen molar-refractivity contribution in [3.8, 4) is 0 Å². The Morgan fingerprint density at radius 2 is 0.846 bits per heavy atom. The molecule has 4 aromatic carbocycles. The Morgan fingerprint density at radius 3 is 1.19 bits per heavy atom. The summed E-state index contributed by atoms with van der Waals surface area (Å²) in [6.45, 7) is 1.65. The fourth-order valence-corrected chi connectivity index (χ4v) is 8.00. The standard InChI is InChI=1S/C25H22Si/c1-21-17-19-25(20-18-21)26(22-11-5-2-6-12-22,23-13-7-3-8-14-23)24-15-9-4-10-16-24/h2-20H,1H3/i17D,18D,19D,20D. The van der Waals surface area contributed by atoms with Crippen LogP contribution < -0.4 is 20.7 Å². The molecule has 4 aromatic rings. The summed E-state index contributed by atoms with van der Waals surface area (Å²) in [5.41, 5.74) is 0.380. The van der Waals surface area contributed by atoms with E-state index < -0.39 is 8.07 Å². The van der Waals surface area contributed by atoms with E-state index in [9.17, 15) is 0 Å². The third-order valence-corrected chi connectivity index (χ3v) is 9.34.